The molecule has 0 saturated carbocycles. The monoisotopic (exact) mass is 230 g/mol. The van der Waals surface area contributed by atoms with Crippen molar-refractivity contribution in [1.29, 1.82) is 0 Å². The number of alkyl halides is 3. The smallest absolute Gasteiger partial charge is 0.329 e. The van der Waals surface area contributed by atoms with Crippen LogP contribution in [0.15, 0.2) is 35.4 Å². The van der Waals surface area contributed by atoms with E-state index >= 15 is 0 Å². The lowest BCUT2D eigenvalue weighted by atomic mass is 10.2. The Hall–Kier alpha value is -1.85. The number of allylic oxidation sites excluding steroid dienone is 5. The molecule has 0 atom stereocenters. The van der Waals surface area contributed by atoms with Gasteiger partial charge in [0, 0.05) is 5.57 Å². The molecule has 0 aromatic carbocycles. The van der Waals surface area contributed by atoms with E-state index in [1.165, 1.54) is 12.2 Å². The molecule has 0 aliphatic carbocycles. The second-order valence-corrected chi connectivity index (χ2v) is 2.76. The average Bonchev–Trinajstić information content (AvgIpc) is 2.68. The first-order valence-electron chi connectivity index (χ1n) is 4.35. The third kappa shape index (κ3) is 2.82. The molecule has 1 aromatic rings. The number of aromatic nitrogens is 2. The molecule has 16 heavy (non-hydrogen) atoms. The van der Waals surface area contributed by atoms with Gasteiger partial charge in [0.25, 0.3) is 0 Å². The second kappa shape index (κ2) is 4.78. The normalized spacial score (nSPS) is 13.4. The van der Waals surface area contributed by atoms with Crippen LogP contribution in [-0.4, -0.2) is 10.1 Å². The summed E-state index contributed by atoms with van der Waals surface area (Å²) in [5.41, 5.74) is 0.430. The summed E-state index contributed by atoms with van der Waals surface area (Å²) in [5.74, 6) is -1.46. The van der Waals surface area contributed by atoms with Crippen molar-refractivity contribution in [3.63, 3.8) is 0 Å². The van der Waals surface area contributed by atoms with Gasteiger partial charge in [-0.05, 0) is 6.92 Å². The van der Waals surface area contributed by atoms with Crippen LogP contribution >= 0.6 is 0 Å². The van der Waals surface area contributed by atoms with E-state index in [0.717, 1.165) is 0 Å². The summed E-state index contributed by atoms with van der Waals surface area (Å²) in [6.07, 6.45) is 1.56. The standard InChI is InChI=1S/C10H9F3N2O/c1-3-5-6-7(4-2)8-14-9(16-15-8)10(11,12)13/h3-6H,1H2,2H3/b6-5-,7-4+. The van der Waals surface area contributed by atoms with Gasteiger partial charge in [0.2, 0.25) is 5.82 Å². The van der Waals surface area contributed by atoms with Crippen LogP contribution in [0.1, 0.15) is 18.6 Å². The van der Waals surface area contributed by atoms with Crippen molar-refractivity contribution in [2.24, 2.45) is 0 Å². The van der Waals surface area contributed by atoms with Gasteiger partial charge in [-0.25, -0.2) is 0 Å². The molecule has 0 amide bonds. The molecule has 1 heterocycles. The van der Waals surface area contributed by atoms with Crippen molar-refractivity contribution in [2.75, 3.05) is 0 Å². The first-order valence-corrected chi connectivity index (χ1v) is 4.35. The lowest BCUT2D eigenvalue weighted by Gasteiger charge is -1.96. The Morgan fingerprint density at radius 2 is 2.12 bits per heavy atom. The molecular formula is C10H9F3N2O. The van der Waals surface area contributed by atoms with E-state index in [1.807, 2.05) is 0 Å². The Labute approximate surface area is 90.0 Å². The van der Waals surface area contributed by atoms with Gasteiger partial charge in [0.05, 0.1) is 0 Å². The van der Waals surface area contributed by atoms with Crippen molar-refractivity contribution in [1.82, 2.24) is 10.1 Å². The molecule has 0 saturated heterocycles. The quantitative estimate of drug-likeness (QED) is 0.748. The minimum Gasteiger partial charge on any atom is -0.329 e. The second-order valence-electron chi connectivity index (χ2n) is 2.76. The van der Waals surface area contributed by atoms with Crippen LogP contribution in [0.5, 0.6) is 0 Å². The molecule has 86 valence electrons. The van der Waals surface area contributed by atoms with Crippen LogP contribution in [0.2, 0.25) is 0 Å². The SMILES string of the molecule is C=C/C=C\C(=C/C)c1noc(C(F)(F)F)n1. The van der Waals surface area contributed by atoms with E-state index in [1.54, 1.807) is 19.1 Å². The Morgan fingerprint density at radius 3 is 2.56 bits per heavy atom. The zero-order chi connectivity index (χ0) is 12.2. The summed E-state index contributed by atoms with van der Waals surface area (Å²) >= 11 is 0. The van der Waals surface area contributed by atoms with Gasteiger partial charge < -0.3 is 4.52 Å². The molecule has 0 fully saturated rings. The van der Waals surface area contributed by atoms with Crippen LogP contribution in [0.3, 0.4) is 0 Å². The van der Waals surface area contributed by atoms with Crippen molar-refractivity contribution in [3.8, 4) is 0 Å². The van der Waals surface area contributed by atoms with Gasteiger partial charge in [0.1, 0.15) is 0 Å². The molecule has 0 N–H and O–H groups in total. The van der Waals surface area contributed by atoms with E-state index in [9.17, 15) is 13.2 Å². The first-order chi connectivity index (χ1) is 7.49. The van der Waals surface area contributed by atoms with Gasteiger partial charge in [-0.1, -0.05) is 36.0 Å². The maximum absolute atomic E-state index is 12.2. The summed E-state index contributed by atoms with van der Waals surface area (Å²) in [4.78, 5) is 3.25. The van der Waals surface area contributed by atoms with Crippen LogP contribution in [0.25, 0.3) is 5.57 Å². The number of hydrogen-bond acceptors (Lipinski definition) is 3. The van der Waals surface area contributed by atoms with E-state index in [2.05, 4.69) is 21.2 Å². The fraction of sp³-hybridized carbons (Fsp3) is 0.200. The third-order valence-corrected chi connectivity index (χ3v) is 1.65. The van der Waals surface area contributed by atoms with E-state index in [4.69, 9.17) is 0 Å². The Morgan fingerprint density at radius 1 is 1.44 bits per heavy atom. The molecule has 0 aliphatic heterocycles. The number of halogens is 3. The van der Waals surface area contributed by atoms with E-state index in [-0.39, 0.29) is 5.82 Å². The topological polar surface area (TPSA) is 38.9 Å². The first kappa shape index (κ1) is 12.2. The van der Waals surface area contributed by atoms with Crippen LogP contribution < -0.4 is 0 Å². The van der Waals surface area contributed by atoms with Crippen molar-refractivity contribution >= 4 is 5.57 Å². The van der Waals surface area contributed by atoms with Gasteiger partial charge in [-0.3, -0.25) is 0 Å². The molecule has 1 rings (SSSR count). The minimum absolute atomic E-state index is 0.104. The van der Waals surface area contributed by atoms with Crippen molar-refractivity contribution in [3.05, 3.63) is 42.6 Å². The maximum atomic E-state index is 12.2. The molecule has 3 nitrogen and oxygen atoms in total. The predicted octanol–water partition coefficient (Wildman–Crippen LogP) is 3.23. The molecule has 1 aromatic heterocycles. The van der Waals surface area contributed by atoms with Gasteiger partial charge in [0.15, 0.2) is 0 Å². The zero-order valence-electron chi connectivity index (χ0n) is 8.45. The highest BCUT2D eigenvalue weighted by molar-refractivity contribution is 5.69. The van der Waals surface area contributed by atoms with E-state index < -0.39 is 12.1 Å². The summed E-state index contributed by atoms with van der Waals surface area (Å²) in [6, 6.07) is 0. The fourth-order valence-corrected chi connectivity index (χ4v) is 0.927. The largest absolute Gasteiger partial charge is 0.471 e. The van der Waals surface area contributed by atoms with Crippen LogP contribution in [0, 0.1) is 0 Å². The van der Waals surface area contributed by atoms with Crippen molar-refractivity contribution in [2.45, 2.75) is 13.1 Å². The number of nitrogens with zero attached hydrogens (tertiary/aromatic N) is 2. The predicted molar refractivity (Wildman–Crippen MR) is 52.3 cm³/mol. The zero-order valence-corrected chi connectivity index (χ0v) is 8.45. The van der Waals surface area contributed by atoms with Gasteiger partial charge >= 0.3 is 12.1 Å². The third-order valence-electron chi connectivity index (χ3n) is 1.65. The summed E-state index contributed by atoms with van der Waals surface area (Å²) in [6.45, 7) is 5.11. The van der Waals surface area contributed by atoms with Crippen LogP contribution in [-0.2, 0) is 6.18 Å². The van der Waals surface area contributed by atoms with Gasteiger partial charge in [-0.15, -0.1) is 0 Å². The molecular weight excluding hydrogens is 221 g/mol. The number of hydrogen-bond donors (Lipinski definition) is 0. The maximum Gasteiger partial charge on any atom is 0.471 e. The Kier molecular flexibility index (Phi) is 3.65. The average molecular weight is 230 g/mol. The summed E-state index contributed by atoms with van der Waals surface area (Å²) in [7, 11) is 0. The molecule has 6 heteroatoms. The fourth-order valence-electron chi connectivity index (χ4n) is 0.927. The molecule has 0 bridgehead atoms. The molecule has 0 radical (unpaired) electrons. The lowest BCUT2D eigenvalue weighted by Crippen LogP contribution is -2.05. The Balaban J connectivity index is 3.01. The highest BCUT2D eigenvalue weighted by atomic mass is 19.4. The lowest BCUT2D eigenvalue weighted by molar-refractivity contribution is -0.159. The van der Waals surface area contributed by atoms with Gasteiger partial charge in [-0.2, -0.15) is 18.2 Å². The molecule has 0 spiro atoms. The molecule has 0 aliphatic rings. The van der Waals surface area contributed by atoms with Crippen LogP contribution in [0.4, 0.5) is 13.2 Å². The van der Waals surface area contributed by atoms with E-state index in [0.29, 0.717) is 5.57 Å². The number of rotatable bonds is 3. The highest BCUT2D eigenvalue weighted by Gasteiger charge is 2.38. The minimum atomic E-state index is -4.62. The molecule has 0 unspecified atom stereocenters. The van der Waals surface area contributed by atoms with Crippen molar-refractivity contribution < 1.29 is 17.7 Å². The highest BCUT2D eigenvalue weighted by Crippen LogP contribution is 2.28. The summed E-state index contributed by atoms with van der Waals surface area (Å²) in [5, 5.41) is 3.25. The summed E-state index contributed by atoms with van der Waals surface area (Å²) < 4.78 is 40.6. The Bertz CT molecular complexity index is 430.